The van der Waals surface area contributed by atoms with E-state index in [9.17, 15) is 14.4 Å². The van der Waals surface area contributed by atoms with Crippen molar-refractivity contribution >= 4 is 23.3 Å². The Labute approximate surface area is 159 Å². The highest BCUT2D eigenvalue weighted by molar-refractivity contribution is 6.20. The quantitative estimate of drug-likeness (QED) is 0.583. The third kappa shape index (κ3) is 4.87. The van der Waals surface area contributed by atoms with Crippen LogP contribution in [0.1, 0.15) is 34.6 Å². The van der Waals surface area contributed by atoms with Crippen molar-refractivity contribution in [1.29, 1.82) is 0 Å². The minimum atomic E-state index is -1.01. The van der Waals surface area contributed by atoms with Crippen molar-refractivity contribution in [2.24, 2.45) is 0 Å². The van der Waals surface area contributed by atoms with Crippen LogP contribution in [0.5, 0.6) is 0 Å². The molecule has 0 saturated carbocycles. The van der Waals surface area contributed by atoms with Crippen molar-refractivity contribution < 1.29 is 23.9 Å². The third-order valence-electron chi connectivity index (χ3n) is 4.09. The molecule has 0 saturated heterocycles. The molecule has 0 fully saturated rings. The second-order valence-electron chi connectivity index (χ2n) is 6.89. The average molecular weight is 374 g/mol. The number of amides is 1. The molecule has 1 atom stereocenters. The SMILES string of the molecule is CC(C)N(C(=O)[C@H](C)OC(=O)C1=C(Nc2ccccc2)OCC1=O)C(C)C. The normalized spacial score (nSPS) is 15.0. The molecule has 1 aliphatic rings. The zero-order valence-corrected chi connectivity index (χ0v) is 16.3. The molecule has 0 bridgehead atoms. The number of anilines is 1. The van der Waals surface area contributed by atoms with Gasteiger partial charge in [0.2, 0.25) is 11.7 Å². The summed E-state index contributed by atoms with van der Waals surface area (Å²) < 4.78 is 10.6. The fourth-order valence-corrected chi connectivity index (χ4v) is 2.95. The van der Waals surface area contributed by atoms with Gasteiger partial charge in [-0.1, -0.05) is 18.2 Å². The van der Waals surface area contributed by atoms with Gasteiger partial charge in [0.1, 0.15) is 0 Å². The van der Waals surface area contributed by atoms with Gasteiger partial charge in [0.25, 0.3) is 5.91 Å². The van der Waals surface area contributed by atoms with Gasteiger partial charge in [-0.2, -0.15) is 0 Å². The van der Waals surface area contributed by atoms with Gasteiger partial charge in [-0.05, 0) is 46.8 Å². The molecule has 0 aromatic heterocycles. The van der Waals surface area contributed by atoms with Gasteiger partial charge in [0.05, 0.1) is 0 Å². The van der Waals surface area contributed by atoms with E-state index in [1.54, 1.807) is 17.0 Å². The van der Waals surface area contributed by atoms with Crippen molar-refractivity contribution in [3.63, 3.8) is 0 Å². The number of nitrogens with zero attached hydrogens (tertiary/aromatic N) is 1. The largest absolute Gasteiger partial charge is 0.470 e. The second kappa shape index (κ2) is 8.70. The lowest BCUT2D eigenvalue weighted by Gasteiger charge is -2.32. The van der Waals surface area contributed by atoms with Crippen molar-refractivity contribution in [3.05, 3.63) is 41.8 Å². The topological polar surface area (TPSA) is 84.9 Å². The molecule has 0 aliphatic carbocycles. The lowest BCUT2D eigenvalue weighted by Crippen LogP contribution is -2.47. The number of carbonyl (C=O) groups excluding carboxylic acids is 3. The number of hydrogen-bond donors (Lipinski definition) is 1. The number of carbonyl (C=O) groups is 3. The predicted molar refractivity (Wildman–Crippen MR) is 101 cm³/mol. The van der Waals surface area contributed by atoms with E-state index in [4.69, 9.17) is 9.47 Å². The predicted octanol–water partition coefficient (Wildman–Crippen LogP) is 2.49. The Kier molecular flexibility index (Phi) is 6.60. The summed E-state index contributed by atoms with van der Waals surface area (Å²) in [6.45, 7) is 8.84. The number of benzene rings is 1. The Balaban J connectivity index is 2.15. The zero-order valence-electron chi connectivity index (χ0n) is 16.3. The van der Waals surface area contributed by atoms with Crippen molar-refractivity contribution in [2.45, 2.75) is 52.8 Å². The first kappa shape index (κ1) is 20.5. The molecule has 1 aromatic rings. The van der Waals surface area contributed by atoms with Crippen LogP contribution in [0.25, 0.3) is 0 Å². The first-order valence-corrected chi connectivity index (χ1v) is 8.97. The number of hydrogen-bond acceptors (Lipinski definition) is 6. The molecule has 7 heteroatoms. The third-order valence-corrected chi connectivity index (χ3v) is 4.09. The van der Waals surface area contributed by atoms with Gasteiger partial charge in [-0.15, -0.1) is 0 Å². The molecular formula is C20H26N2O5. The molecule has 1 heterocycles. The van der Waals surface area contributed by atoms with Crippen LogP contribution in [0.4, 0.5) is 5.69 Å². The van der Waals surface area contributed by atoms with Gasteiger partial charge >= 0.3 is 5.97 Å². The Morgan fingerprint density at radius 2 is 1.67 bits per heavy atom. The molecule has 1 amide bonds. The van der Waals surface area contributed by atoms with E-state index in [0.717, 1.165) is 0 Å². The van der Waals surface area contributed by atoms with Crippen LogP contribution in [-0.4, -0.2) is 47.4 Å². The molecule has 1 aromatic carbocycles. The summed E-state index contributed by atoms with van der Waals surface area (Å²) in [6, 6.07) is 8.94. The number of nitrogens with one attached hydrogen (secondary N) is 1. The highest BCUT2D eigenvalue weighted by Gasteiger charge is 2.35. The van der Waals surface area contributed by atoms with Crippen molar-refractivity contribution in [2.75, 3.05) is 11.9 Å². The fraction of sp³-hybridized carbons (Fsp3) is 0.450. The minimum absolute atomic E-state index is 0.0374. The highest BCUT2D eigenvalue weighted by Crippen LogP contribution is 2.21. The fourth-order valence-electron chi connectivity index (χ4n) is 2.95. The van der Waals surface area contributed by atoms with E-state index in [2.05, 4.69) is 5.32 Å². The molecule has 1 aliphatic heterocycles. The lowest BCUT2D eigenvalue weighted by atomic mass is 10.2. The van der Waals surface area contributed by atoms with Gasteiger partial charge in [-0.25, -0.2) is 4.79 Å². The molecule has 0 radical (unpaired) electrons. The summed E-state index contributed by atoms with van der Waals surface area (Å²) in [5.41, 5.74) is 0.460. The van der Waals surface area contributed by atoms with Gasteiger partial charge in [-0.3, -0.25) is 9.59 Å². The number of Topliss-reactive ketones (excluding diaryl/α,β-unsaturated/α-hetero) is 1. The molecule has 0 spiro atoms. The monoisotopic (exact) mass is 374 g/mol. The molecule has 7 nitrogen and oxygen atoms in total. The number of esters is 1. The van der Waals surface area contributed by atoms with Gasteiger partial charge in [0.15, 0.2) is 18.3 Å². The van der Waals surface area contributed by atoms with Crippen LogP contribution in [0, 0.1) is 0 Å². The first-order chi connectivity index (χ1) is 12.7. The van der Waals surface area contributed by atoms with Crippen LogP contribution in [0.2, 0.25) is 0 Å². The number of ketones is 1. The van der Waals surface area contributed by atoms with E-state index < -0.39 is 17.9 Å². The molecule has 146 valence electrons. The second-order valence-corrected chi connectivity index (χ2v) is 6.89. The summed E-state index contributed by atoms with van der Waals surface area (Å²) in [5.74, 6) is -1.62. The van der Waals surface area contributed by atoms with Gasteiger partial charge < -0.3 is 19.7 Å². The van der Waals surface area contributed by atoms with Crippen LogP contribution in [0.3, 0.4) is 0 Å². The van der Waals surface area contributed by atoms with Crippen molar-refractivity contribution in [1.82, 2.24) is 4.90 Å². The minimum Gasteiger partial charge on any atom is -0.470 e. The van der Waals surface area contributed by atoms with Crippen molar-refractivity contribution in [3.8, 4) is 0 Å². The van der Waals surface area contributed by atoms with Crippen LogP contribution in [0.15, 0.2) is 41.8 Å². The average Bonchev–Trinajstić information content (AvgIpc) is 2.95. The van der Waals surface area contributed by atoms with E-state index >= 15 is 0 Å². The van der Waals surface area contributed by atoms with Crippen LogP contribution < -0.4 is 5.32 Å². The first-order valence-electron chi connectivity index (χ1n) is 8.97. The Bertz CT molecular complexity index is 732. The summed E-state index contributed by atoms with van der Waals surface area (Å²) >= 11 is 0. The Morgan fingerprint density at radius 3 is 2.22 bits per heavy atom. The maximum absolute atomic E-state index is 12.6. The summed E-state index contributed by atoms with van der Waals surface area (Å²) in [5, 5.41) is 2.90. The molecule has 1 N–H and O–H groups in total. The van der Waals surface area contributed by atoms with E-state index in [-0.39, 0.29) is 36.1 Å². The van der Waals surface area contributed by atoms with E-state index in [1.165, 1.54) is 6.92 Å². The Morgan fingerprint density at radius 1 is 1.07 bits per heavy atom. The maximum atomic E-state index is 12.6. The van der Waals surface area contributed by atoms with Gasteiger partial charge in [0, 0.05) is 17.8 Å². The molecule has 0 unspecified atom stereocenters. The highest BCUT2D eigenvalue weighted by atomic mass is 16.6. The summed E-state index contributed by atoms with van der Waals surface area (Å²) in [4.78, 5) is 38.9. The molecular weight excluding hydrogens is 348 g/mol. The van der Waals surface area contributed by atoms with E-state index in [1.807, 2.05) is 45.9 Å². The molecule has 27 heavy (non-hydrogen) atoms. The smallest absolute Gasteiger partial charge is 0.348 e. The number of para-hydroxylation sites is 1. The number of rotatable bonds is 7. The summed E-state index contributed by atoms with van der Waals surface area (Å²) in [7, 11) is 0. The summed E-state index contributed by atoms with van der Waals surface area (Å²) in [6.07, 6.45) is -1.01. The number of ether oxygens (including phenoxy) is 2. The maximum Gasteiger partial charge on any atom is 0.348 e. The lowest BCUT2D eigenvalue weighted by molar-refractivity contribution is -0.158. The van der Waals surface area contributed by atoms with E-state index in [0.29, 0.717) is 5.69 Å². The van der Waals surface area contributed by atoms with Crippen LogP contribution >= 0.6 is 0 Å². The Hall–Kier alpha value is -2.83. The molecule has 2 rings (SSSR count). The zero-order chi connectivity index (χ0) is 20.1. The standard InChI is InChI=1S/C20H26N2O5/c1-12(2)22(13(3)4)19(24)14(5)27-20(25)17-16(23)11-26-18(17)21-15-9-7-6-8-10-15/h6-10,12-14,21H,11H2,1-5H3/t14-/m0/s1. The van der Waals surface area contributed by atoms with Crippen LogP contribution in [-0.2, 0) is 23.9 Å².